The zero-order valence-electron chi connectivity index (χ0n) is 8.23. The highest BCUT2D eigenvalue weighted by atomic mass is 79.9. The molecule has 1 atom stereocenters. The molecule has 15 heavy (non-hydrogen) atoms. The Balaban J connectivity index is 1.84. The highest BCUT2D eigenvalue weighted by Gasteiger charge is 2.15. The Morgan fingerprint density at radius 2 is 2.53 bits per heavy atom. The van der Waals surface area contributed by atoms with Gasteiger partial charge in [0, 0.05) is 6.61 Å². The molecular weight excluding hydrogens is 264 g/mol. The zero-order chi connectivity index (χ0) is 10.7. The summed E-state index contributed by atoms with van der Waals surface area (Å²) >= 11 is 3.24. The Morgan fingerprint density at radius 1 is 1.67 bits per heavy atom. The van der Waals surface area contributed by atoms with Gasteiger partial charge >= 0.3 is 0 Å². The average molecular weight is 277 g/mol. The van der Waals surface area contributed by atoms with Gasteiger partial charge in [0.2, 0.25) is 5.95 Å². The molecule has 0 radical (unpaired) electrons. The van der Waals surface area contributed by atoms with Crippen LogP contribution in [0.3, 0.4) is 0 Å². The topological polar surface area (TPSA) is 75.2 Å². The Hall–Kier alpha value is -0.660. The monoisotopic (exact) mass is 276 g/mol. The third-order valence-electron chi connectivity index (χ3n) is 2.19. The van der Waals surface area contributed by atoms with Gasteiger partial charge in [0.25, 0.3) is 0 Å². The van der Waals surface area contributed by atoms with Gasteiger partial charge in [-0.15, -0.1) is 5.10 Å². The lowest BCUT2D eigenvalue weighted by Crippen LogP contribution is -2.26. The van der Waals surface area contributed by atoms with Gasteiger partial charge in [0.05, 0.1) is 12.7 Å². The van der Waals surface area contributed by atoms with Crippen molar-refractivity contribution in [1.29, 1.82) is 0 Å². The van der Waals surface area contributed by atoms with Crippen molar-refractivity contribution in [3.05, 3.63) is 4.73 Å². The molecule has 0 spiro atoms. The fourth-order valence-electron chi connectivity index (χ4n) is 1.44. The van der Waals surface area contributed by atoms with Crippen molar-refractivity contribution in [3.8, 4) is 0 Å². The van der Waals surface area contributed by atoms with Crippen molar-refractivity contribution >= 4 is 21.9 Å². The Bertz CT molecular complexity index is 324. The highest BCUT2D eigenvalue weighted by molar-refractivity contribution is 9.10. The molecule has 1 fully saturated rings. The number of nitrogens with zero attached hydrogens (tertiary/aromatic N) is 3. The summed E-state index contributed by atoms with van der Waals surface area (Å²) in [4.78, 5) is 3.91. The largest absolute Gasteiger partial charge is 0.379 e. The first kappa shape index (κ1) is 10.8. The molecule has 1 unspecified atom stereocenters. The summed E-state index contributed by atoms with van der Waals surface area (Å²) in [5, 5.41) is 3.97. The summed E-state index contributed by atoms with van der Waals surface area (Å²) in [5.41, 5.74) is 5.43. The van der Waals surface area contributed by atoms with Gasteiger partial charge in [-0.2, -0.15) is 4.98 Å². The van der Waals surface area contributed by atoms with E-state index >= 15 is 0 Å². The average Bonchev–Trinajstić information content (AvgIpc) is 2.56. The number of ether oxygens (including phenoxy) is 2. The van der Waals surface area contributed by atoms with Crippen LogP contribution in [-0.4, -0.2) is 34.1 Å². The number of hydrogen-bond acceptors (Lipinski definition) is 5. The van der Waals surface area contributed by atoms with Crippen LogP contribution in [0, 0.1) is 0 Å². The smallest absolute Gasteiger partial charge is 0.240 e. The van der Waals surface area contributed by atoms with Crippen LogP contribution in [0.4, 0.5) is 5.95 Å². The minimum Gasteiger partial charge on any atom is -0.379 e. The predicted octanol–water partition coefficient (Wildman–Crippen LogP) is 0.776. The van der Waals surface area contributed by atoms with Gasteiger partial charge in [-0.25, -0.2) is 4.68 Å². The normalized spacial score (nSPS) is 21.8. The van der Waals surface area contributed by atoms with Gasteiger partial charge in [0.15, 0.2) is 4.73 Å². The molecule has 7 heteroatoms. The van der Waals surface area contributed by atoms with Crippen LogP contribution in [0.25, 0.3) is 0 Å². The summed E-state index contributed by atoms with van der Waals surface area (Å²) in [6, 6.07) is 0. The van der Waals surface area contributed by atoms with E-state index in [1.165, 1.54) is 0 Å². The molecule has 2 N–H and O–H groups in total. The van der Waals surface area contributed by atoms with Crippen LogP contribution in [0.1, 0.15) is 12.8 Å². The first-order valence-corrected chi connectivity index (χ1v) is 5.60. The summed E-state index contributed by atoms with van der Waals surface area (Å²) in [6.07, 6.45) is 2.23. The maximum absolute atomic E-state index is 5.61. The van der Waals surface area contributed by atoms with Gasteiger partial charge in [-0.05, 0) is 28.8 Å². The molecule has 2 rings (SSSR count). The molecule has 1 saturated heterocycles. The van der Waals surface area contributed by atoms with Gasteiger partial charge in [-0.1, -0.05) is 0 Å². The van der Waals surface area contributed by atoms with E-state index < -0.39 is 0 Å². The van der Waals surface area contributed by atoms with Crippen molar-refractivity contribution in [2.24, 2.45) is 0 Å². The molecule has 84 valence electrons. The van der Waals surface area contributed by atoms with Crippen molar-refractivity contribution in [3.63, 3.8) is 0 Å². The minimum atomic E-state index is 0.149. The maximum Gasteiger partial charge on any atom is 0.240 e. The second kappa shape index (κ2) is 4.91. The zero-order valence-corrected chi connectivity index (χ0v) is 9.81. The van der Waals surface area contributed by atoms with Crippen molar-refractivity contribution in [2.75, 3.05) is 18.9 Å². The predicted molar refractivity (Wildman–Crippen MR) is 57.1 cm³/mol. The van der Waals surface area contributed by atoms with Crippen LogP contribution in [0.2, 0.25) is 0 Å². The fourth-order valence-corrected chi connectivity index (χ4v) is 1.80. The third kappa shape index (κ3) is 2.90. The second-order valence-electron chi connectivity index (χ2n) is 3.37. The molecule has 0 amide bonds. The van der Waals surface area contributed by atoms with E-state index in [-0.39, 0.29) is 12.1 Å². The van der Waals surface area contributed by atoms with Gasteiger partial charge in [-0.3, -0.25) is 0 Å². The molecule has 1 aliphatic rings. The summed E-state index contributed by atoms with van der Waals surface area (Å²) in [5.74, 6) is 0.241. The van der Waals surface area contributed by atoms with E-state index in [1.54, 1.807) is 4.68 Å². The molecule has 1 aliphatic heterocycles. The highest BCUT2D eigenvalue weighted by Crippen LogP contribution is 2.12. The summed E-state index contributed by atoms with van der Waals surface area (Å²) in [6.45, 7) is 1.83. The van der Waals surface area contributed by atoms with E-state index in [1.807, 2.05) is 0 Å². The van der Waals surface area contributed by atoms with Crippen molar-refractivity contribution in [1.82, 2.24) is 14.8 Å². The number of aromatic nitrogens is 3. The van der Waals surface area contributed by atoms with E-state index in [0.29, 0.717) is 18.1 Å². The van der Waals surface area contributed by atoms with E-state index in [0.717, 1.165) is 19.4 Å². The van der Waals surface area contributed by atoms with Crippen LogP contribution >= 0.6 is 15.9 Å². The van der Waals surface area contributed by atoms with Crippen molar-refractivity contribution < 1.29 is 9.47 Å². The first-order valence-electron chi connectivity index (χ1n) is 4.81. The quantitative estimate of drug-likeness (QED) is 0.883. The molecule has 0 saturated carbocycles. The van der Waals surface area contributed by atoms with Crippen LogP contribution < -0.4 is 5.73 Å². The minimum absolute atomic E-state index is 0.149. The number of hydrogen-bond donors (Lipinski definition) is 1. The van der Waals surface area contributed by atoms with E-state index in [9.17, 15) is 0 Å². The SMILES string of the molecule is Nc1nc(Br)n(COC2CCCOC2)n1. The fraction of sp³-hybridized carbons (Fsp3) is 0.750. The number of rotatable bonds is 3. The number of halogens is 1. The lowest BCUT2D eigenvalue weighted by molar-refractivity contribution is -0.0766. The summed E-state index contributed by atoms with van der Waals surface area (Å²) < 4.78 is 13.1. The van der Waals surface area contributed by atoms with Gasteiger partial charge in [0.1, 0.15) is 6.73 Å². The van der Waals surface area contributed by atoms with Crippen LogP contribution in [0.5, 0.6) is 0 Å². The molecule has 0 aliphatic carbocycles. The van der Waals surface area contributed by atoms with Crippen LogP contribution in [-0.2, 0) is 16.2 Å². The standard InChI is InChI=1S/C8H13BrN4O2/c9-7-11-8(10)12-13(7)5-15-6-2-1-3-14-4-6/h6H,1-5H2,(H2,10,12). The Kier molecular flexibility index (Phi) is 3.55. The number of anilines is 1. The lowest BCUT2D eigenvalue weighted by Gasteiger charge is -2.22. The Labute approximate surface area is 95.9 Å². The first-order chi connectivity index (χ1) is 7.25. The number of nitrogen functional groups attached to an aromatic ring is 1. The van der Waals surface area contributed by atoms with E-state index in [2.05, 4.69) is 26.0 Å². The molecular formula is C8H13BrN4O2. The number of nitrogens with two attached hydrogens (primary N) is 1. The third-order valence-corrected chi connectivity index (χ3v) is 2.78. The second-order valence-corrected chi connectivity index (χ2v) is 4.08. The lowest BCUT2D eigenvalue weighted by atomic mass is 10.2. The molecule has 1 aromatic heterocycles. The van der Waals surface area contributed by atoms with E-state index in [4.69, 9.17) is 15.2 Å². The molecule has 2 heterocycles. The van der Waals surface area contributed by atoms with Gasteiger partial charge < -0.3 is 15.2 Å². The van der Waals surface area contributed by atoms with Crippen molar-refractivity contribution in [2.45, 2.75) is 25.7 Å². The molecule has 0 bridgehead atoms. The molecule has 6 nitrogen and oxygen atoms in total. The molecule has 1 aromatic rings. The molecule has 0 aromatic carbocycles. The Morgan fingerprint density at radius 3 is 3.13 bits per heavy atom. The summed E-state index contributed by atoms with van der Waals surface area (Å²) in [7, 11) is 0. The van der Waals surface area contributed by atoms with Crippen LogP contribution in [0.15, 0.2) is 4.73 Å². The maximum atomic E-state index is 5.61.